The lowest BCUT2D eigenvalue weighted by Gasteiger charge is -2.09. The van der Waals surface area contributed by atoms with Crippen molar-refractivity contribution in [2.24, 2.45) is 7.05 Å². The number of benzene rings is 1. The molecule has 0 saturated heterocycles. The number of aromatic nitrogens is 3. The van der Waals surface area contributed by atoms with Gasteiger partial charge in [0.05, 0.1) is 0 Å². The smallest absolute Gasteiger partial charge is 0.395 e. The maximum Gasteiger partial charge on any atom is 0.586 e. The first-order valence-corrected chi connectivity index (χ1v) is 9.21. The van der Waals surface area contributed by atoms with Crippen molar-refractivity contribution in [1.29, 1.82) is 0 Å². The summed E-state index contributed by atoms with van der Waals surface area (Å²) in [6.45, 7) is 1.67. The van der Waals surface area contributed by atoms with E-state index in [1.807, 2.05) is 0 Å². The second kappa shape index (κ2) is 7.33. The molecule has 0 unspecified atom stereocenters. The van der Waals surface area contributed by atoms with E-state index in [-0.39, 0.29) is 17.3 Å². The number of nitrogens with zero attached hydrogens (tertiary/aromatic N) is 3. The Bertz CT molecular complexity index is 1230. The van der Waals surface area contributed by atoms with E-state index in [9.17, 15) is 26.7 Å². The Labute approximate surface area is 181 Å². The number of hydrogen-bond acceptors (Lipinski definition) is 5. The van der Waals surface area contributed by atoms with Crippen LogP contribution in [0.2, 0.25) is 5.02 Å². The number of fused-ring (bicyclic) bond motifs is 1. The molecule has 1 amide bonds. The molecule has 0 spiro atoms. The van der Waals surface area contributed by atoms with Gasteiger partial charge in [-0.3, -0.25) is 9.48 Å². The summed E-state index contributed by atoms with van der Waals surface area (Å²) in [4.78, 5) is 16.5. The number of hydrogen-bond donors (Lipinski definition) is 1. The van der Waals surface area contributed by atoms with E-state index in [4.69, 9.17) is 11.6 Å². The molecule has 3 heterocycles. The fourth-order valence-electron chi connectivity index (χ4n) is 3.14. The third kappa shape index (κ3) is 3.93. The Hall–Kier alpha value is -3.41. The van der Waals surface area contributed by atoms with E-state index in [1.54, 1.807) is 6.92 Å². The molecule has 3 aromatic rings. The number of carbonyl (C=O) groups is 1. The Balaban J connectivity index is 1.56. The Kier molecular flexibility index (Phi) is 4.99. The van der Waals surface area contributed by atoms with Crippen molar-refractivity contribution < 1.29 is 36.2 Å². The van der Waals surface area contributed by atoms with Gasteiger partial charge < -0.3 is 14.8 Å². The zero-order chi connectivity index (χ0) is 23.4. The molecule has 1 N–H and O–H groups in total. The van der Waals surface area contributed by atoms with Gasteiger partial charge in [0.25, 0.3) is 5.91 Å². The van der Waals surface area contributed by atoms with Crippen LogP contribution in [0.5, 0.6) is 11.5 Å². The fraction of sp³-hybridized carbons (Fsp3) is 0.211. The van der Waals surface area contributed by atoms with Gasteiger partial charge in [0, 0.05) is 18.8 Å². The number of pyridine rings is 1. The molecule has 1 aliphatic rings. The van der Waals surface area contributed by atoms with Gasteiger partial charge in [-0.15, -0.1) is 8.78 Å². The molecule has 168 valence electrons. The number of rotatable bonds is 3. The standard InChI is InChI=1S/C19H12ClF5N4O3/c1-8-5-11-12(32-19(24,25)31-11)6-10(8)9-3-4-13(26-7-9)27-17(30)15-14(20)16(18(21,22)23)28-29(15)2/h3-7H,1-2H3,(H,26,27,30). The predicted octanol–water partition coefficient (Wildman–Crippen LogP) is 5.04. The zero-order valence-electron chi connectivity index (χ0n) is 16.2. The van der Waals surface area contributed by atoms with Gasteiger partial charge in [0.2, 0.25) is 0 Å². The van der Waals surface area contributed by atoms with Crippen LogP contribution < -0.4 is 14.8 Å². The largest absolute Gasteiger partial charge is 0.586 e. The second-order valence-electron chi connectivity index (χ2n) is 6.80. The number of alkyl halides is 5. The molecule has 7 nitrogen and oxygen atoms in total. The third-order valence-corrected chi connectivity index (χ3v) is 4.90. The minimum atomic E-state index is -4.82. The van der Waals surface area contributed by atoms with Crippen molar-refractivity contribution in [3.63, 3.8) is 0 Å². The molecule has 4 rings (SSSR count). The van der Waals surface area contributed by atoms with Crippen LogP contribution in [-0.4, -0.2) is 27.0 Å². The highest BCUT2D eigenvalue weighted by Gasteiger charge is 2.44. The highest BCUT2D eigenvalue weighted by molar-refractivity contribution is 6.34. The van der Waals surface area contributed by atoms with Gasteiger partial charge in [-0.25, -0.2) is 4.98 Å². The number of anilines is 1. The molecule has 0 saturated carbocycles. The van der Waals surface area contributed by atoms with E-state index in [2.05, 4.69) is 24.9 Å². The van der Waals surface area contributed by atoms with Crippen LogP contribution in [0.15, 0.2) is 30.5 Å². The Morgan fingerprint density at radius 3 is 2.41 bits per heavy atom. The predicted molar refractivity (Wildman–Crippen MR) is 102 cm³/mol. The van der Waals surface area contributed by atoms with Gasteiger partial charge in [-0.2, -0.15) is 18.3 Å². The van der Waals surface area contributed by atoms with Gasteiger partial charge >= 0.3 is 12.5 Å². The monoisotopic (exact) mass is 474 g/mol. The van der Waals surface area contributed by atoms with E-state index in [0.29, 0.717) is 16.7 Å². The van der Waals surface area contributed by atoms with Gasteiger partial charge in [0.15, 0.2) is 17.2 Å². The van der Waals surface area contributed by atoms with Crippen molar-refractivity contribution in [3.8, 4) is 22.6 Å². The van der Waals surface area contributed by atoms with Crippen molar-refractivity contribution >= 4 is 23.3 Å². The number of carbonyl (C=O) groups excluding carboxylic acids is 1. The number of ether oxygens (including phenoxy) is 2. The quantitative estimate of drug-likeness (QED) is 0.538. The summed E-state index contributed by atoms with van der Waals surface area (Å²) in [5, 5.41) is 4.76. The maximum absolute atomic E-state index is 13.3. The number of nitrogens with one attached hydrogen (secondary N) is 1. The average molecular weight is 475 g/mol. The summed E-state index contributed by atoms with van der Waals surface area (Å²) in [6, 6.07) is 5.69. The van der Waals surface area contributed by atoms with Crippen LogP contribution in [0.1, 0.15) is 21.7 Å². The minimum Gasteiger partial charge on any atom is -0.395 e. The van der Waals surface area contributed by atoms with Gasteiger partial charge in [-0.1, -0.05) is 11.6 Å². The number of amides is 1. The van der Waals surface area contributed by atoms with Crippen LogP contribution >= 0.6 is 11.6 Å². The lowest BCUT2D eigenvalue weighted by molar-refractivity contribution is -0.286. The average Bonchev–Trinajstić information content (AvgIpc) is 3.15. The summed E-state index contributed by atoms with van der Waals surface area (Å²) >= 11 is 5.70. The molecular formula is C19H12ClF5N4O3. The van der Waals surface area contributed by atoms with Crippen molar-refractivity contribution in [2.75, 3.05) is 5.32 Å². The van der Waals surface area contributed by atoms with E-state index in [0.717, 1.165) is 11.7 Å². The molecule has 0 radical (unpaired) electrons. The maximum atomic E-state index is 13.3. The molecule has 0 fully saturated rings. The Morgan fingerprint density at radius 2 is 1.84 bits per heavy atom. The summed E-state index contributed by atoms with van der Waals surface area (Å²) in [7, 11) is 1.15. The summed E-state index contributed by atoms with van der Waals surface area (Å²) in [5.74, 6) is -1.16. The van der Waals surface area contributed by atoms with Crippen LogP contribution in [0, 0.1) is 6.92 Å². The highest BCUT2D eigenvalue weighted by atomic mass is 35.5. The van der Waals surface area contributed by atoms with Crippen molar-refractivity contribution in [2.45, 2.75) is 19.4 Å². The summed E-state index contributed by atoms with van der Waals surface area (Å²) in [5.41, 5.74) is -0.221. The highest BCUT2D eigenvalue weighted by Crippen LogP contribution is 2.44. The first-order chi connectivity index (χ1) is 14.9. The molecule has 0 atom stereocenters. The number of halogens is 6. The van der Waals surface area contributed by atoms with E-state index < -0.39 is 34.8 Å². The molecular weight excluding hydrogens is 463 g/mol. The van der Waals surface area contributed by atoms with E-state index >= 15 is 0 Å². The molecule has 32 heavy (non-hydrogen) atoms. The SMILES string of the molecule is Cc1cc2c(cc1-c1ccc(NC(=O)c3c(Cl)c(C(F)(F)F)nn3C)nc1)OC(F)(F)O2. The lowest BCUT2D eigenvalue weighted by atomic mass is 10.0. The fourth-order valence-corrected chi connectivity index (χ4v) is 3.49. The van der Waals surface area contributed by atoms with Crippen molar-refractivity contribution in [3.05, 3.63) is 52.4 Å². The van der Waals surface area contributed by atoms with Gasteiger partial charge in [-0.05, 0) is 42.3 Å². The summed E-state index contributed by atoms with van der Waals surface area (Å²) < 4.78 is 74.9. The molecule has 0 bridgehead atoms. The minimum absolute atomic E-state index is 0.0227. The van der Waals surface area contributed by atoms with Gasteiger partial charge in [0.1, 0.15) is 16.5 Å². The second-order valence-corrected chi connectivity index (χ2v) is 7.18. The first-order valence-electron chi connectivity index (χ1n) is 8.83. The number of aryl methyl sites for hydroxylation is 2. The molecule has 2 aromatic heterocycles. The Morgan fingerprint density at radius 1 is 1.19 bits per heavy atom. The van der Waals surface area contributed by atoms with Crippen LogP contribution in [-0.2, 0) is 13.2 Å². The third-order valence-electron chi connectivity index (χ3n) is 4.54. The van der Waals surface area contributed by atoms with E-state index in [1.165, 1.54) is 30.5 Å². The molecule has 13 heteroatoms. The molecule has 1 aliphatic heterocycles. The van der Waals surface area contributed by atoms with Crippen LogP contribution in [0.3, 0.4) is 0 Å². The zero-order valence-corrected chi connectivity index (χ0v) is 17.0. The molecule has 0 aliphatic carbocycles. The molecule has 1 aromatic carbocycles. The van der Waals surface area contributed by atoms with Crippen LogP contribution in [0.4, 0.5) is 27.8 Å². The first kappa shape index (κ1) is 21.8. The normalized spacial score (nSPS) is 14.5. The van der Waals surface area contributed by atoms with Crippen molar-refractivity contribution in [1.82, 2.24) is 14.8 Å². The topological polar surface area (TPSA) is 78.3 Å². The van der Waals surface area contributed by atoms with Crippen LogP contribution in [0.25, 0.3) is 11.1 Å². The lowest BCUT2D eigenvalue weighted by Crippen LogP contribution is -2.25. The summed E-state index contributed by atoms with van der Waals surface area (Å²) in [6.07, 6.45) is -7.22.